The van der Waals surface area contributed by atoms with E-state index >= 15 is 0 Å². The minimum atomic E-state index is -0.105. The van der Waals surface area contributed by atoms with Crippen molar-refractivity contribution < 1.29 is 9.47 Å². The number of rotatable bonds is 9. The lowest BCUT2D eigenvalue weighted by Gasteiger charge is -2.51. The third-order valence-corrected chi connectivity index (χ3v) is 10.4. The minimum absolute atomic E-state index is 0.105. The first-order valence-electron chi connectivity index (χ1n) is 18.1. The van der Waals surface area contributed by atoms with Crippen LogP contribution >= 0.6 is 23.2 Å². The molecule has 0 aliphatic carbocycles. The summed E-state index contributed by atoms with van der Waals surface area (Å²) in [5.74, 6) is 2.33. The number of nitrogens with one attached hydrogen (secondary N) is 2. The van der Waals surface area contributed by atoms with Crippen LogP contribution in [-0.2, 0) is 9.47 Å². The lowest BCUT2D eigenvalue weighted by molar-refractivity contribution is 0.122. The van der Waals surface area contributed by atoms with Gasteiger partial charge in [-0.3, -0.25) is 0 Å². The lowest BCUT2D eigenvalue weighted by Crippen LogP contribution is -2.64. The molecule has 0 spiro atoms. The molecule has 2 N–H and O–H groups in total. The zero-order valence-electron chi connectivity index (χ0n) is 31.1. The van der Waals surface area contributed by atoms with Gasteiger partial charge in [0.2, 0.25) is 34.4 Å². The van der Waals surface area contributed by atoms with E-state index in [1.165, 1.54) is 0 Å². The van der Waals surface area contributed by atoms with Gasteiger partial charge in [-0.25, -0.2) is 0 Å². The second-order valence-electron chi connectivity index (χ2n) is 16.9. The molecular formula is C34H56Cl2N12O2. The van der Waals surface area contributed by atoms with Crippen LogP contribution in [0.25, 0.3) is 0 Å². The van der Waals surface area contributed by atoms with Crippen molar-refractivity contribution in [3.05, 3.63) is 10.6 Å². The van der Waals surface area contributed by atoms with E-state index in [0.717, 1.165) is 25.7 Å². The topological polar surface area (TPSA) is 133 Å². The Kier molecular flexibility index (Phi) is 10.9. The molecule has 4 aliphatic heterocycles. The van der Waals surface area contributed by atoms with Gasteiger partial charge in [0.1, 0.15) is 0 Å². The molecule has 0 saturated carbocycles. The summed E-state index contributed by atoms with van der Waals surface area (Å²) in [5.41, 5.74) is -0.420. The third kappa shape index (κ3) is 9.35. The lowest BCUT2D eigenvalue weighted by atomic mass is 9.78. The highest BCUT2D eigenvalue weighted by molar-refractivity contribution is 6.28. The van der Waals surface area contributed by atoms with Gasteiger partial charge in [0.25, 0.3) is 0 Å². The normalized spacial score (nSPS) is 23.9. The van der Waals surface area contributed by atoms with Crippen molar-refractivity contribution in [1.29, 1.82) is 0 Å². The molecule has 278 valence electrons. The second-order valence-corrected chi connectivity index (χ2v) is 17.6. The molecule has 6 heterocycles. The number of ether oxygens (including phenoxy) is 2. The molecule has 16 heteroatoms. The molecule has 2 aromatic rings. The maximum Gasteiger partial charge on any atom is 0.231 e. The first-order chi connectivity index (χ1) is 23.5. The fraction of sp³-hybridized carbons (Fsp3) is 0.824. The van der Waals surface area contributed by atoms with Crippen molar-refractivity contribution >= 4 is 47.0 Å². The van der Waals surface area contributed by atoms with Crippen molar-refractivity contribution in [1.82, 2.24) is 40.5 Å². The maximum absolute atomic E-state index is 6.68. The summed E-state index contributed by atoms with van der Waals surface area (Å²) < 4.78 is 11.2. The number of hydrogen-bond donors (Lipinski definition) is 2. The molecule has 4 saturated heterocycles. The predicted molar refractivity (Wildman–Crippen MR) is 199 cm³/mol. The quantitative estimate of drug-likeness (QED) is 0.385. The number of piperidine rings is 2. The van der Waals surface area contributed by atoms with E-state index in [1.807, 2.05) is 0 Å². The highest BCUT2D eigenvalue weighted by atomic mass is 35.5. The summed E-state index contributed by atoms with van der Waals surface area (Å²) >= 11 is 13.4. The average Bonchev–Trinajstić information content (AvgIpc) is 3.00. The highest BCUT2D eigenvalue weighted by Gasteiger charge is 2.43. The van der Waals surface area contributed by atoms with Crippen LogP contribution in [0.5, 0.6) is 0 Å². The number of nitrogens with zero attached hydrogens (tertiary/aromatic N) is 10. The summed E-state index contributed by atoms with van der Waals surface area (Å²) in [6, 6.07) is 0.261. The SMILES string of the molecule is CC1(C)CC(N(CCN(c2nc(Cl)nc(N3CCOCC3)n2)C2CC(C)(C)NC(C)(C)C2)c2nc(Cl)nc(N3CCOCC3)n2)CC(C)(C)N1. The van der Waals surface area contributed by atoms with Gasteiger partial charge in [-0.05, 0) is 104 Å². The molecule has 2 aromatic heterocycles. The van der Waals surface area contributed by atoms with Crippen molar-refractivity contribution in [3.63, 3.8) is 0 Å². The number of aromatic nitrogens is 6. The van der Waals surface area contributed by atoms with Gasteiger partial charge in [-0.1, -0.05) is 0 Å². The van der Waals surface area contributed by atoms with Crippen molar-refractivity contribution in [2.24, 2.45) is 0 Å². The monoisotopic (exact) mass is 734 g/mol. The Morgan fingerprint density at radius 1 is 0.560 bits per heavy atom. The number of hydrogen-bond acceptors (Lipinski definition) is 14. The van der Waals surface area contributed by atoms with Crippen LogP contribution in [0.2, 0.25) is 10.6 Å². The maximum atomic E-state index is 6.68. The number of halogens is 2. The summed E-state index contributed by atoms with van der Waals surface area (Å²) in [5, 5.41) is 8.07. The Morgan fingerprint density at radius 3 is 1.20 bits per heavy atom. The van der Waals surface area contributed by atoms with Gasteiger partial charge in [-0.15, -0.1) is 0 Å². The van der Waals surface area contributed by atoms with E-state index in [1.54, 1.807) is 0 Å². The van der Waals surface area contributed by atoms with Crippen LogP contribution in [-0.4, -0.2) is 130 Å². The van der Waals surface area contributed by atoms with Crippen LogP contribution in [0.15, 0.2) is 0 Å². The van der Waals surface area contributed by atoms with Gasteiger partial charge < -0.3 is 39.7 Å². The molecule has 0 amide bonds. The molecule has 50 heavy (non-hydrogen) atoms. The van der Waals surface area contributed by atoms with E-state index < -0.39 is 0 Å². The molecule has 4 fully saturated rings. The molecule has 0 aromatic carbocycles. The Balaban J connectivity index is 1.39. The molecule has 0 radical (unpaired) electrons. The zero-order chi connectivity index (χ0) is 35.9. The summed E-state index contributed by atoms with van der Waals surface area (Å²) in [4.78, 5) is 37.8. The van der Waals surface area contributed by atoms with E-state index in [9.17, 15) is 0 Å². The molecule has 14 nitrogen and oxygen atoms in total. The highest BCUT2D eigenvalue weighted by Crippen LogP contribution is 2.36. The number of morpholine rings is 2. The van der Waals surface area contributed by atoms with Gasteiger partial charge in [0.05, 0.1) is 26.4 Å². The van der Waals surface area contributed by atoms with Crippen molar-refractivity contribution in [3.8, 4) is 0 Å². The first-order valence-corrected chi connectivity index (χ1v) is 18.8. The van der Waals surface area contributed by atoms with Crippen LogP contribution in [0.1, 0.15) is 81.1 Å². The van der Waals surface area contributed by atoms with E-state index in [2.05, 4.69) is 95.6 Å². The van der Waals surface area contributed by atoms with E-state index in [4.69, 9.17) is 52.6 Å². The molecule has 0 atom stereocenters. The average molecular weight is 736 g/mol. The van der Waals surface area contributed by atoms with E-state index in [0.29, 0.717) is 89.5 Å². The molecule has 0 bridgehead atoms. The fourth-order valence-corrected chi connectivity index (χ4v) is 9.11. The Morgan fingerprint density at radius 2 is 0.880 bits per heavy atom. The summed E-state index contributed by atoms with van der Waals surface area (Å²) in [6.07, 6.45) is 3.61. The third-order valence-electron chi connectivity index (χ3n) is 10.1. The Bertz CT molecular complexity index is 1340. The fourth-order valence-electron chi connectivity index (χ4n) is 8.81. The zero-order valence-corrected chi connectivity index (χ0v) is 32.6. The van der Waals surface area contributed by atoms with Crippen LogP contribution in [0, 0.1) is 0 Å². The van der Waals surface area contributed by atoms with Gasteiger partial charge in [-0.2, -0.15) is 29.9 Å². The first kappa shape index (κ1) is 37.4. The predicted octanol–water partition coefficient (Wildman–Crippen LogP) is 3.97. The standard InChI is InChI=1S/C34H56Cl2N12O2/c1-31(2)19-23(20-32(3,4)43-31)47(29-39-25(35)37-27(41-29)45-11-15-49-16-12-45)9-10-48(24-21-33(5,6)44-34(7,8)22-24)30-40-26(36)38-28(42-30)46-13-17-50-18-14-46/h23-24,43-44H,9-22H2,1-8H3. The van der Waals surface area contributed by atoms with E-state index in [-0.39, 0.29) is 44.8 Å². The smallest absolute Gasteiger partial charge is 0.231 e. The summed E-state index contributed by atoms with van der Waals surface area (Å²) in [7, 11) is 0. The Hall–Kier alpha value is -2.36. The van der Waals surface area contributed by atoms with Crippen molar-refractivity contribution in [2.75, 3.05) is 85.3 Å². The van der Waals surface area contributed by atoms with Gasteiger partial charge in [0, 0.05) is 73.5 Å². The Labute approximate surface area is 307 Å². The minimum Gasteiger partial charge on any atom is -0.378 e. The number of anilines is 4. The van der Waals surface area contributed by atoms with Gasteiger partial charge >= 0.3 is 0 Å². The molecular weight excluding hydrogens is 679 g/mol. The van der Waals surface area contributed by atoms with Crippen molar-refractivity contribution in [2.45, 2.75) is 115 Å². The second kappa shape index (κ2) is 14.6. The summed E-state index contributed by atoms with van der Waals surface area (Å²) in [6.45, 7) is 24.7. The largest absolute Gasteiger partial charge is 0.378 e. The van der Waals surface area contributed by atoms with Crippen LogP contribution < -0.4 is 30.2 Å². The molecule has 4 aliphatic rings. The molecule has 6 rings (SSSR count). The van der Waals surface area contributed by atoms with Crippen LogP contribution in [0.4, 0.5) is 23.8 Å². The van der Waals surface area contributed by atoms with Crippen LogP contribution in [0.3, 0.4) is 0 Å². The van der Waals surface area contributed by atoms with Gasteiger partial charge in [0.15, 0.2) is 0 Å². The molecule has 0 unspecified atom stereocenters.